The van der Waals surface area contributed by atoms with E-state index in [0.29, 0.717) is 18.7 Å². The van der Waals surface area contributed by atoms with Crippen LogP contribution in [0.15, 0.2) is 29.2 Å². The fourth-order valence-corrected chi connectivity index (χ4v) is 6.03. The molecule has 0 amide bonds. The van der Waals surface area contributed by atoms with E-state index in [-0.39, 0.29) is 37.7 Å². The van der Waals surface area contributed by atoms with E-state index in [2.05, 4.69) is 4.72 Å². The van der Waals surface area contributed by atoms with Crippen LogP contribution in [0.25, 0.3) is 0 Å². The van der Waals surface area contributed by atoms with Crippen LogP contribution in [0.5, 0.6) is 0 Å². The Kier molecular flexibility index (Phi) is 9.47. The maximum absolute atomic E-state index is 13.1. The molecular weight excluding hydrogens is 418 g/mol. The van der Waals surface area contributed by atoms with Crippen LogP contribution < -0.4 is 4.72 Å². The first kappa shape index (κ1) is 24.2. The molecule has 1 fully saturated rings. The normalized spacial score (nSPS) is 16.4. The molecule has 166 valence electrons. The molecule has 0 saturated carbocycles. The molecule has 11 heteroatoms. The van der Waals surface area contributed by atoms with Crippen LogP contribution in [-0.2, 0) is 36.3 Å². The lowest BCUT2D eigenvalue weighted by atomic mass is 10.2. The molecule has 1 aliphatic rings. The van der Waals surface area contributed by atoms with Crippen LogP contribution in [0.1, 0.15) is 24.8 Å². The van der Waals surface area contributed by atoms with Gasteiger partial charge in [0, 0.05) is 46.9 Å². The number of benzene rings is 1. The smallest absolute Gasteiger partial charge is 0.279 e. The molecular formula is C18H31N3O6S2. The minimum atomic E-state index is -3.84. The van der Waals surface area contributed by atoms with Crippen molar-refractivity contribution in [1.29, 1.82) is 0 Å². The van der Waals surface area contributed by atoms with Gasteiger partial charge in [0.25, 0.3) is 10.2 Å². The number of nitrogens with zero attached hydrogens (tertiary/aromatic N) is 2. The molecule has 0 spiro atoms. The van der Waals surface area contributed by atoms with Gasteiger partial charge in [-0.2, -0.15) is 21.8 Å². The lowest BCUT2D eigenvalue weighted by Crippen LogP contribution is -2.44. The van der Waals surface area contributed by atoms with Crippen molar-refractivity contribution in [2.45, 2.75) is 30.7 Å². The van der Waals surface area contributed by atoms with E-state index >= 15 is 0 Å². The van der Waals surface area contributed by atoms with Crippen LogP contribution in [0.2, 0.25) is 0 Å². The van der Waals surface area contributed by atoms with Crippen molar-refractivity contribution in [3.63, 3.8) is 0 Å². The van der Waals surface area contributed by atoms with Crippen LogP contribution in [0, 0.1) is 0 Å². The average Bonchev–Trinajstić information content (AvgIpc) is 2.73. The second-order valence-corrected chi connectivity index (χ2v) is 10.4. The van der Waals surface area contributed by atoms with Gasteiger partial charge in [0.1, 0.15) is 0 Å². The second-order valence-electron chi connectivity index (χ2n) is 6.78. The number of ether oxygens (including phenoxy) is 2. The molecule has 0 bridgehead atoms. The SMILES string of the molecule is COCCN(CCOC)S(=O)(=O)NCc1ccccc1S(=O)(=O)N1CCCCC1. The van der Waals surface area contributed by atoms with Gasteiger partial charge in [-0.3, -0.25) is 0 Å². The van der Waals surface area contributed by atoms with E-state index in [4.69, 9.17) is 9.47 Å². The summed E-state index contributed by atoms with van der Waals surface area (Å²) in [5, 5.41) is 0. The molecule has 1 aliphatic heterocycles. The van der Waals surface area contributed by atoms with E-state index in [0.717, 1.165) is 19.3 Å². The third-order valence-corrected chi connectivity index (χ3v) is 8.33. The van der Waals surface area contributed by atoms with E-state index in [1.807, 2.05) is 0 Å². The lowest BCUT2D eigenvalue weighted by molar-refractivity contribution is 0.149. The zero-order valence-corrected chi connectivity index (χ0v) is 18.7. The number of rotatable bonds is 12. The number of sulfonamides is 1. The standard InChI is InChI=1S/C18H31N3O6S2/c1-26-14-12-21(13-15-27-2)29(24,25)19-16-17-8-4-5-9-18(17)28(22,23)20-10-6-3-7-11-20/h4-5,8-9,19H,3,6-7,10-16H2,1-2H3. The molecule has 0 radical (unpaired) electrons. The Morgan fingerprint density at radius 3 is 2.14 bits per heavy atom. The largest absolute Gasteiger partial charge is 0.383 e. The topological polar surface area (TPSA) is 105 Å². The predicted molar refractivity (Wildman–Crippen MR) is 110 cm³/mol. The van der Waals surface area contributed by atoms with Gasteiger partial charge in [0.15, 0.2) is 0 Å². The fraction of sp³-hybridized carbons (Fsp3) is 0.667. The van der Waals surface area contributed by atoms with E-state index < -0.39 is 20.2 Å². The summed E-state index contributed by atoms with van der Waals surface area (Å²) in [6.45, 7) is 1.68. The van der Waals surface area contributed by atoms with E-state index in [9.17, 15) is 16.8 Å². The Morgan fingerprint density at radius 2 is 1.55 bits per heavy atom. The van der Waals surface area contributed by atoms with Crippen molar-refractivity contribution in [3.8, 4) is 0 Å². The predicted octanol–water partition coefficient (Wildman–Crippen LogP) is 0.790. The zero-order valence-electron chi connectivity index (χ0n) is 17.0. The number of nitrogens with one attached hydrogen (secondary N) is 1. The molecule has 0 atom stereocenters. The molecule has 1 heterocycles. The first-order valence-corrected chi connectivity index (χ1v) is 12.5. The average molecular weight is 450 g/mol. The van der Waals surface area contributed by atoms with Gasteiger partial charge < -0.3 is 9.47 Å². The van der Waals surface area contributed by atoms with Crippen molar-refractivity contribution in [2.24, 2.45) is 0 Å². The minimum absolute atomic E-state index is 0.123. The summed E-state index contributed by atoms with van der Waals surface area (Å²) in [5.74, 6) is 0. The summed E-state index contributed by atoms with van der Waals surface area (Å²) in [7, 11) is -4.51. The molecule has 0 unspecified atom stereocenters. The first-order chi connectivity index (χ1) is 13.8. The number of hydrogen-bond acceptors (Lipinski definition) is 6. The molecule has 9 nitrogen and oxygen atoms in total. The number of piperidine rings is 1. The Morgan fingerprint density at radius 1 is 0.966 bits per heavy atom. The van der Waals surface area contributed by atoms with Gasteiger partial charge in [0.05, 0.1) is 18.1 Å². The highest BCUT2D eigenvalue weighted by Gasteiger charge is 2.29. The highest BCUT2D eigenvalue weighted by Crippen LogP contribution is 2.23. The van der Waals surface area contributed by atoms with Gasteiger partial charge >= 0.3 is 0 Å². The Balaban J connectivity index is 2.17. The van der Waals surface area contributed by atoms with E-state index in [1.165, 1.54) is 28.9 Å². The molecule has 0 aliphatic carbocycles. The fourth-order valence-electron chi connectivity index (χ4n) is 3.14. The zero-order chi connectivity index (χ0) is 21.3. The number of hydrogen-bond donors (Lipinski definition) is 1. The van der Waals surface area contributed by atoms with Crippen LogP contribution in [-0.4, -0.2) is 79.1 Å². The monoisotopic (exact) mass is 449 g/mol. The maximum atomic E-state index is 13.1. The quantitative estimate of drug-likeness (QED) is 0.506. The minimum Gasteiger partial charge on any atom is -0.383 e. The molecule has 0 aromatic heterocycles. The molecule has 1 aromatic rings. The van der Waals surface area contributed by atoms with Crippen molar-refractivity contribution in [1.82, 2.24) is 13.3 Å². The highest BCUT2D eigenvalue weighted by molar-refractivity contribution is 7.89. The van der Waals surface area contributed by atoms with E-state index in [1.54, 1.807) is 18.2 Å². The van der Waals surface area contributed by atoms with Gasteiger partial charge in [-0.15, -0.1) is 0 Å². The summed E-state index contributed by atoms with van der Waals surface area (Å²) >= 11 is 0. The van der Waals surface area contributed by atoms with Crippen molar-refractivity contribution >= 4 is 20.2 Å². The molecule has 1 N–H and O–H groups in total. The van der Waals surface area contributed by atoms with Crippen molar-refractivity contribution in [2.75, 3.05) is 53.6 Å². The maximum Gasteiger partial charge on any atom is 0.279 e. The lowest BCUT2D eigenvalue weighted by Gasteiger charge is -2.27. The van der Waals surface area contributed by atoms with Gasteiger partial charge in [-0.05, 0) is 24.5 Å². The van der Waals surface area contributed by atoms with Crippen LogP contribution in [0.3, 0.4) is 0 Å². The van der Waals surface area contributed by atoms with Gasteiger partial charge in [0.2, 0.25) is 10.0 Å². The Hall–Kier alpha value is -1.08. The van der Waals surface area contributed by atoms with Gasteiger partial charge in [-0.1, -0.05) is 24.6 Å². The van der Waals surface area contributed by atoms with Crippen LogP contribution in [0.4, 0.5) is 0 Å². The van der Waals surface area contributed by atoms with Crippen molar-refractivity contribution in [3.05, 3.63) is 29.8 Å². The summed E-state index contributed by atoms with van der Waals surface area (Å²) in [4.78, 5) is 0.143. The third-order valence-electron chi connectivity index (χ3n) is 4.78. The molecule has 29 heavy (non-hydrogen) atoms. The third kappa shape index (κ3) is 6.71. The summed E-state index contributed by atoms with van der Waals surface area (Å²) in [6, 6.07) is 6.51. The summed E-state index contributed by atoms with van der Waals surface area (Å²) < 4.78 is 66.7. The molecule has 2 rings (SSSR count). The van der Waals surface area contributed by atoms with Gasteiger partial charge in [-0.25, -0.2) is 8.42 Å². The Labute approximate surface area is 174 Å². The van der Waals surface area contributed by atoms with Crippen molar-refractivity contribution < 1.29 is 26.3 Å². The second kappa shape index (κ2) is 11.3. The molecule has 1 aromatic carbocycles. The summed E-state index contributed by atoms with van der Waals surface area (Å²) in [6.07, 6.45) is 2.69. The summed E-state index contributed by atoms with van der Waals surface area (Å²) in [5.41, 5.74) is 0.417. The number of methoxy groups -OCH3 is 2. The highest BCUT2D eigenvalue weighted by atomic mass is 32.2. The first-order valence-electron chi connectivity index (χ1n) is 9.63. The molecule has 1 saturated heterocycles. The Bertz CT molecular complexity index is 831. The van der Waals surface area contributed by atoms with Crippen LogP contribution >= 0.6 is 0 Å².